The summed E-state index contributed by atoms with van der Waals surface area (Å²) in [7, 11) is 3.11. The van der Waals surface area contributed by atoms with E-state index in [-0.39, 0.29) is 11.8 Å². The minimum atomic E-state index is -0.618. The highest BCUT2D eigenvalue weighted by Crippen LogP contribution is 2.37. The van der Waals surface area contributed by atoms with Gasteiger partial charge in [-0.15, -0.1) is 0 Å². The van der Waals surface area contributed by atoms with Gasteiger partial charge in [0.25, 0.3) is 5.91 Å². The highest BCUT2D eigenvalue weighted by Gasteiger charge is 2.35. The zero-order chi connectivity index (χ0) is 18.0. The van der Waals surface area contributed by atoms with Gasteiger partial charge in [-0.05, 0) is 24.3 Å². The van der Waals surface area contributed by atoms with E-state index in [1.165, 1.54) is 11.9 Å². The van der Waals surface area contributed by atoms with Crippen LogP contribution in [0.15, 0.2) is 42.5 Å². The Labute approximate surface area is 145 Å². The summed E-state index contributed by atoms with van der Waals surface area (Å²) < 4.78 is 10.7. The second-order valence-electron chi connectivity index (χ2n) is 5.54. The normalized spacial score (nSPS) is 15.9. The van der Waals surface area contributed by atoms with Crippen molar-refractivity contribution in [1.29, 1.82) is 0 Å². The van der Waals surface area contributed by atoms with Gasteiger partial charge in [-0.1, -0.05) is 12.1 Å². The number of ether oxygens (including phenoxy) is 2. The van der Waals surface area contributed by atoms with E-state index in [4.69, 9.17) is 9.47 Å². The Morgan fingerprint density at radius 1 is 1.16 bits per heavy atom. The molecular weight excluding hydrogens is 322 g/mol. The maximum atomic E-state index is 12.9. The zero-order valence-corrected chi connectivity index (χ0v) is 14.2. The average molecular weight is 341 g/mol. The third-order valence-corrected chi connectivity index (χ3v) is 3.94. The van der Waals surface area contributed by atoms with Crippen molar-refractivity contribution in [3.63, 3.8) is 0 Å². The van der Waals surface area contributed by atoms with Crippen LogP contribution in [0.2, 0.25) is 0 Å². The van der Waals surface area contributed by atoms with Crippen LogP contribution < -0.4 is 20.2 Å². The first kappa shape index (κ1) is 16.6. The smallest absolute Gasteiger partial charge is 0.276 e. The number of carbonyl (C=O) groups excluding carboxylic acids is 2. The van der Waals surface area contributed by atoms with E-state index in [2.05, 4.69) is 10.7 Å². The number of hydrogen-bond acceptors (Lipinski definition) is 5. The molecule has 1 aliphatic heterocycles. The molecule has 0 bridgehead atoms. The topological polar surface area (TPSA) is 79.9 Å². The third-order valence-electron chi connectivity index (χ3n) is 3.94. The summed E-state index contributed by atoms with van der Waals surface area (Å²) in [5, 5.41) is 4.55. The van der Waals surface area contributed by atoms with E-state index in [0.29, 0.717) is 28.3 Å². The second-order valence-corrected chi connectivity index (χ2v) is 5.54. The third kappa shape index (κ3) is 3.08. The molecule has 7 nitrogen and oxygen atoms in total. The number of nitrogens with zero attached hydrogens (tertiary/aromatic N) is 1. The van der Waals surface area contributed by atoms with Crippen molar-refractivity contribution in [1.82, 2.24) is 10.4 Å². The Balaban J connectivity index is 2.09. The van der Waals surface area contributed by atoms with E-state index >= 15 is 0 Å². The molecule has 0 spiro atoms. The van der Waals surface area contributed by atoms with Crippen LogP contribution in [-0.4, -0.2) is 31.0 Å². The van der Waals surface area contributed by atoms with Crippen LogP contribution >= 0.6 is 0 Å². The summed E-state index contributed by atoms with van der Waals surface area (Å²) in [5.41, 5.74) is 4.47. The van der Waals surface area contributed by atoms with Gasteiger partial charge < -0.3 is 14.8 Å². The van der Waals surface area contributed by atoms with Crippen molar-refractivity contribution in [2.24, 2.45) is 0 Å². The molecule has 2 aromatic rings. The van der Waals surface area contributed by atoms with Crippen molar-refractivity contribution >= 4 is 17.5 Å². The first-order chi connectivity index (χ1) is 12.0. The molecule has 0 radical (unpaired) electrons. The lowest BCUT2D eigenvalue weighted by Crippen LogP contribution is -2.52. The summed E-state index contributed by atoms with van der Waals surface area (Å²) in [6.45, 7) is 1.36. The summed E-state index contributed by atoms with van der Waals surface area (Å²) in [5.74, 6) is 0.535. The molecule has 0 saturated heterocycles. The van der Waals surface area contributed by atoms with Gasteiger partial charge in [-0.2, -0.15) is 0 Å². The highest BCUT2D eigenvalue weighted by atomic mass is 16.5. The summed E-state index contributed by atoms with van der Waals surface area (Å²) in [6, 6.07) is 12.5. The number of fused-ring (bicyclic) bond motifs is 1. The second kappa shape index (κ2) is 6.72. The van der Waals surface area contributed by atoms with Gasteiger partial charge in [0, 0.05) is 24.2 Å². The zero-order valence-electron chi connectivity index (χ0n) is 14.2. The fraction of sp³-hybridized carbons (Fsp3) is 0.222. The van der Waals surface area contributed by atoms with Crippen molar-refractivity contribution in [2.75, 3.05) is 19.5 Å². The molecule has 0 aromatic heterocycles. The number of benzene rings is 2. The Kier molecular flexibility index (Phi) is 4.47. The quantitative estimate of drug-likeness (QED) is 0.892. The van der Waals surface area contributed by atoms with E-state index in [9.17, 15) is 9.59 Å². The minimum Gasteiger partial charge on any atom is -0.497 e. The van der Waals surface area contributed by atoms with Gasteiger partial charge in [-0.3, -0.25) is 15.0 Å². The molecule has 25 heavy (non-hydrogen) atoms. The summed E-state index contributed by atoms with van der Waals surface area (Å²) in [6.07, 6.45) is -0.618. The van der Waals surface area contributed by atoms with Crippen LogP contribution in [-0.2, 0) is 4.79 Å². The largest absolute Gasteiger partial charge is 0.497 e. The molecular formula is C18H19N3O4. The van der Waals surface area contributed by atoms with Gasteiger partial charge in [-0.25, -0.2) is 5.01 Å². The number of hydrogen-bond donors (Lipinski definition) is 2. The molecule has 1 aliphatic rings. The Hall–Kier alpha value is -3.22. The van der Waals surface area contributed by atoms with Crippen molar-refractivity contribution < 1.29 is 19.1 Å². The molecule has 2 aromatic carbocycles. The molecule has 1 atom stereocenters. The predicted molar refractivity (Wildman–Crippen MR) is 92.3 cm³/mol. The van der Waals surface area contributed by atoms with E-state index in [1.54, 1.807) is 44.6 Å². The van der Waals surface area contributed by atoms with Gasteiger partial charge >= 0.3 is 0 Å². The molecule has 0 unspecified atom stereocenters. The van der Waals surface area contributed by atoms with Crippen LogP contribution in [0, 0.1) is 0 Å². The maximum absolute atomic E-state index is 12.9. The first-order valence-corrected chi connectivity index (χ1v) is 7.73. The van der Waals surface area contributed by atoms with Gasteiger partial charge in [0.1, 0.15) is 11.5 Å². The predicted octanol–water partition coefficient (Wildman–Crippen LogP) is 2.32. The van der Waals surface area contributed by atoms with Crippen LogP contribution in [0.1, 0.15) is 29.0 Å². The molecule has 0 aliphatic carbocycles. The fourth-order valence-electron chi connectivity index (χ4n) is 2.80. The Morgan fingerprint density at radius 2 is 1.92 bits per heavy atom. The molecule has 130 valence electrons. The van der Waals surface area contributed by atoms with E-state index in [1.807, 2.05) is 12.1 Å². The number of anilines is 1. The van der Waals surface area contributed by atoms with Crippen molar-refractivity contribution in [3.05, 3.63) is 53.6 Å². The maximum Gasteiger partial charge on any atom is 0.276 e. The molecule has 0 saturated carbocycles. The standard InChI is InChI=1S/C18H19N3O4/c1-11(22)20-21-17(14-9-8-12(24-2)10-16(14)25-3)19-15-7-5-4-6-13(15)18(21)23/h4-10,17,19H,1-3H3,(H,20,22)/t17-/m0/s1. The van der Waals surface area contributed by atoms with E-state index < -0.39 is 6.17 Å². The number of rotatable bonds is 4. The molecule has 1 heterocycles. The van der Waals surface area contributed by atoms with Gasteiger partial charge in [0.2, 0.25) is 5.91 Å². The Bertz CT molecular complexity index is 822. The number of nitrogens with one attached hydrogen (secondary N) is 2. The lowest BCUT2D eigenvalue weighted by Gasteiger charge is -2.38. The Morgan fingerprint density at radius 3 is 2.60 bits per heavy atom. The summed E-state index contributed by atoms with van der Waals surface area (Å²) in [4.78, 5) is 24.5. The van der Waals surface area contributed by atoms with Crippen molar-refractivity contribution in [2.45, 2.75) is 13.1 Å². The highest BCUT2D eigenvalue weighted by molar-refractivity contribution is 6.02. The molecule has 2 amide bonds. The van der Waals surface area contributed by atoms with Crippen LogP contribution in [0.25, 0.3) is 0 Å². The molecule has 0 fully saturated rings. The SMILES string of the molecule is COc1ccc([C@H]2Nc3ccccc3C(=O)N2NC(C)=O)c(OC)c1. The van der Waals surface area contributed by atoms with Crippen LogP contribution in [0.3, 0.4) is 0 Å². The lowest BCUT2D eigenvalue weighted by molar-refractivity contribution is -0.123. The number of methoxy groups -OCH3 is 2. The average Bonchev–Trinajstić information content (AvgIpc) is 2.63. The number of para-hydroxylation sites is 1. The molecule has 2 N–H and O–H groups in total. The number of carbonyl (C=O) groups is 2. The molecule has 3 rings (SSSR count). The lowest BCUT2D eigenvalue weighted by atomic mass is 10.0. The molecule has 7 heteroatoms. The van der Waals surface area contributed by atoms with Gasteiger partial charge in [0.15, 0.2) is 6.17 Å². The van der Waals surface area contributed by atoms with E-state index in [0.717, 1.165) is 0 Å². The number of hydrazine groups is 1. The monoisotopic (exact) mass is 341 g/mol. The first-order valence-electron chi connectivity index (χ1n) is 7.73. The van der Waals surface area contributed by atoms with Crippen LogP contribution in [0.4, 0.5) is 5.69 Å². The minimum absolute atomic E-state index is 0.299. The number of amides is 2. The fourth-order valence-corrected chi connectivity index (χ4v) is 2.80. The van der Waals surface area contributed by atoms with Crippen LogP contribution in [0.5, 0.6) is 11.5 Å². The van der Waals surface area contributed by atoms with Gasteiger partial charge in [0.05, 0.1) is 19.8 Å². The summed E-state index contributed by atoms with van der Waals surface area (Å²) >= 11 is 0. The van der Waals surface area contributed by atoms with Crippen molar-refractivity contribution in [3.8, 4) is 11.5 Å².